The van der Waals surface area contributed by atoms with Crippen molar-refractivity contribution >= 4 is 35.1 Å². The molecule has 0 aromatic heterocycles. The minimum absolute atomic E-state index is 0.0930. The molecule has 1 heterocycles. The molecular formula is C28H47N3S2. The number of rotatable bonds is 11. The van der Waals surface area contributed by atoms with Gasteiger partial charge in [0, 0.05) is 48.8 Å². The molecule has 1 aromatic rings. The van der Waals surface area contributed by atoms with Crippen LogP contribution in [0.3, 0.4) is 0 Å². The van der Waals surface area contributed by atoms with Gasteiger partial charge >= 0.3 is 0 Å². The highest BCUT2D eigenvalue weighted by atomic mass is 32.2. The van der Waals surface area contributed by atoms with Crippen LogP contribution in [0.25, 0.3) is 0 Å². The Morgan fingerprint density at radius 1 is 1.12 bits per heavy atom. The summed E-state index contributed by atoms with van der Waals surface area (Å²) in [5.74, 6) is 1.31. The molecule has 186 valence electrons. The van der Waals surface area contributed by atoms with Crippen LogP contribution in [0, 0.1) is 0 Å². The normalized spacial score (nSPS) is 25.8. The van der Waals surface area contributed by atoms with Crippen LogP contribution in [-0.2, 0) is 5.41 Å². The third-order valence-corrected chi connectivity index (χ3v) is 9.64. The second-order valence-corrected chi connectivity index (χ2v) is 12.5. The highest BCUT2D eigenvalue weighted by Crippen LogP contribution is 2.44. The van der Waals surface area contributed by atoms with E-state index in [2.05, 4.69) is 78.5 Å². The molecule has 33 heavy (non-hydrogen) atoms. The number of hydrogen-bond acceptors (Lipinski definition) is 5. The number of hydrogen-bond donors (Lipinski definition) is 1. The fourth-order valence-corrected chi connectivity index (χ4v) is 6.68. The van der Waals surface area contributed by atoms with Crippen LogP contribution < -0.4 is 14.9 Å². The lowest BCUT2D eigenvalue weighted by Gasteiger charge is -2.37. The van der Waals surface area contributed by atoms with Gasteiger partial charge in [-0.1, -0.05) is 63.6 Å². The van der Waals surface area contributed by atoms with Crippen LogP contribution in [0.4, 0.5) is 11.4 Å². The zero-order valence-electron chi connectivity index (χ0n) is 21.5. The molecular weight excluding hydrogens is 442 g/mol. The minimum atomic E-state index is 0.0930. The van der Waals surface area contributed by atoms with Crippen LogP contribution in [0.5, 0.6) is 0 Å². The van der Waals surface area contributed by atoms with E-state index >= 15 is 0 Å². The first-order chi connectivity index (χ1) is 16.0. The van der Waals surface area contributed by atoms with Crippen molar-refractivity contribution in [3.63, 3.8) is 0 Å². The van der Waals surface area contributed by atoms with Crippen molar-refractivity contribution < 1.29 is 0 Å². The Morgan fingerprint density at radius 2 is 1.94 bits per heavy atom. The Bertz CT molecular complexity index is 753. The summed E-state index contributed by atoms with van der Waals surface area (Å²) < 4.78 is 2.33. The number of thioether (sulfide) groups is 1. The number of benzene rings is 1. The largest absolute Gasteiger partial charge is 0.371 e. The maximum atomic E-state index is 6.26. The van der Waals surface area contributed by atoms with E-state index in [1.165, 1.54) is 74.1 Å². The van der Waals surface area contributed by atoms with Gasteiger partial charge in [0.15, 0.2) is 0 Å². The number of nitrogens with zero attached hydrogens (tertiary/aromatic N) is 2. The summed E-state index contributed by atoms with van der Waals surface area (Å²) in [6, 6.07) is 7.53. The Kier molecular flexibility index (Phi) is 10.8. The molecule has 0 amide bonds. The molecule has 2 N–H and O–H groups in total. The van der Waals surface area contributed by atoms with Gasteiger partial charge < -0.3 is 14.9 Å². The second kappa shape index (κ2) is 13.3. The molecule has 3 rings (SSSR count). The second-order valence-electron chi connectivity index (χ2n) is 10.2. The van der Waals surface area contributed by atoms with E-state index < -0.39 is 0 Å². The van der Waals surface area contributed by atoms with Crippen LogP contribution >= 0.6 is 23.7 Å². The SMILES string of the molecule is CCCCCCCSC1C=C[C@](C)(c2cc(N3CCCC(N)CC3)ccc2N(C)SC)CC1. The van der Waals surface area contributed by atoms with Gasteiger partial charge in [0.05, 0.1) is 5.69 Å². The molecule has 0 radical (unpaired) electrons. The molecule has 1 aliphatic carbocycles. The van der Waals surface area contributed by atoms with Crippen molar-refractivity contribution in [2.75, 3.05) is 41.4 Å². The molecule has 2 aliphatic rings. The van der Waals surface area contributed by atoms with E-state index in [-0.39, 0.29) is 5.41 Å². The summed E-state index contributed by atoms with van der Waals surface area (Å²) in [6.07, 6.45) is 20.0. The zero-order valence-corrected chi connectivity index (χ0v) is 23.2. The van der Waals surface area contributed by atoms with E-state index in [9.17, 15) is 0 Å². The van der Waals surface area contributed by atoms with Crippen LogP contribution in [-0.4, -0.2) is 43.4 Å². The maximum Gasteiger partial charge on any atom is 0.0508 e. The average Bonchev–Trinajstić information content (AvgIpc) is 3.06. The van der Waals surface area contributed by atoms with Gasteiger partial charge in [0.25, 0.3) is 0 Å². The van der Waals surface area contributed by atoms with Gasteiger partial charge in [0.2, 0.25) is 0 Å². The van der Waals surface area contributed by atoms with Crippen molar-refractivity contribution in [1.29, 1.82) is 0 Å². The van der Waals surface area contributed by atoms with Crippen molar-refractivity contribution in [3.8, 4) is 0 Å². The zero-order chi connectivity index (χ0) is 23.7. The molecule has 0 spiro atoms. The highest BCUT2D eigenvalue weighted by Gasteiger charge is 2.32. The number of nitrogens with two attached hydrogens (primary N) is 1. The quantitative estimate of drug-likeness (QED) is 0.199. The predicted molar refractivity (Wildman–Crippen MR) is 153 cm³/mol. The Labute approximate surface area is 212 Å². The molecule has 3 atom stereocenters. The minimum Gasteiger partial charge on any atom is -0.371 e. The lowest BCUT2D eigenvalue weighted by Crippen LogP contribution is -2.29. The maximum absolute atomic E-state index is 6.26. The number of unbranched alkanes of at least 4 members (excludes halogenated alkanes) is 4. The first-order valence-corrected chi connectivity index (χ1v) is 15.4. The van der Waals surface area contributed by atoms with E-state index in [4.69, 9.17) is 5.73 Å². The molecule has 5 heteroatoms. The van der Waals surface area contributed by atoms with Crippen LogP contribution in [0.15, 0.2) is 30.4 Å². The molecule has 1 fully saturated rings. The van der Waals surface area contributed by atoms with Gasteiger partial charge in [-0.05, 0) is 68.0 Å². The summed E-state index contributed by atoms with van der Waals surface area (Å²) in [5.41, 5.74) is 10.5. The van der Waals surface area contributed by atoms with Crippen molar-refractivity contribution in [2.45, 2.75) is 94.8 Å². The van der Waals surface area contributed by atoms with Gasteiger partial charge in [-0.3, -0.25) is 0 Å². The fraction of sp³-hybridized carbons (Fsp3) is 0.714. The molecule has 0 saturated carbocycles. The van der Waals surface area contributed by atoms with Crippen molar-refractivity contribution in [3.05, 3.63) is 35.9 Å². The molecule has 0 bridgehead atoms. The summed E-state index contributed by atoms with van der Waals surface area (Å²) in [6.45, 7) is 6.93. The lowest BCUT2D eigenvalue weighted by molar-refractivity contribution is 0.501. The summed E-state index contributed by atoms with van der Waals surface area (Å²) in [7, 11) is 2.20. The Balaban J connectivity index is 1.72. The molecule has 1 saturated heterocycles. The van der Waals surface area contributed by atoms with Crippen LogP contribution in [0.2, 0.25) is 0 Å². The van der Waals surface area contributed by atoms with E-state index in [1.54, 1.807) is 11.9 Å². The Hall–Kier alpha value is -0.780. The van der Waals surface area contributed by atoms with Crippen LogP contribution in [0.1, 0.15) is 83.6 Å². The van der Waals surface area contributed by atoms with Crippen molar-refractivity contribution in [2.24, 2.45) is 5.73 Å². The lowest BCUT2D eigenvalue weighted by atomic mass is 9.74. The monoisotopic (exact) mass is 489 g/mol. The highest BCUT2D eigenvalue weighted by molar-refractivity contribution is 8.00. The third-order valence-electron chi connectivity index (χ3n) is 7.55. The summed E-state index contributed by atoms with van der Waals surface area (Å²) in [4.78, 5) is 2.56. The van der Waals surface area contributed by atoms with Gasteiger partial charge in [-0.15, -0.1) is 0 Å². The molecule has 1 aromatic carbocycles. The van der Waals surface area contributed by atoms with E-state index in [1.807, 2.05) is 0 Å². The third kappa shape index (κ3) is 7.60. The number of anilines is 2. The van der Waals surface area contributed by atoms with Gasteiger partial charge in [-0.2, -0.15) is 11.8 Å². The van der Waals surface area contributed by atoms with Crippen molar-refractivity contribution in [1.82, 2.24) is 0 Å². The molecule has 2 unspecified atom stereocenters. The van der Waals surface area contributed by atoms with Gasteiger partial charge in [0.1, 0.15) is 0 Å². The standard InChI is InChI=1S/C28H47N3S2/c1-5-6-7-8-9-21-33-25-14-17-28(2,18-15-25)26-22-24(12-13-27(26)30(3)32-4)31-19-10-11-23(29)16-20-31/h12-14,17,22-23,25H,5-11,15-16,18-21,29H2,1-4H3/t23?,25?,28-/m0/s1. The fourth-order valence-electron chi connectivity index (χ4n) is 5.18. The van der Waals surface area contributed by atoms with Gasteiger partial charge in [-0.25, -0.2) is 0 Å². The molecule has 1 aliphatic heterocycles. The number of allylic oxidation sites excluding steroid dienone is 1. The predicted octanol–water partition coefficient (Wildman–Crippen LogP) is 7.40. The topological polar surface area (TPSA) is 32.5 Å². The Morgan fingerprint density at radius 3 is 2.67 bits per heavy atom. The first-order valence-electron chi connectivity index (χ1n) is 13.2. The first kappa shape index (κ1) is 26.8. The summed E-state index contributed by atoms with van der Waals surface area (Å²) in [5, 5.41) is 0.682. The smallest absolute Gasteiger partial charge is 0.0508 e. The molecule has 3 nitrogen and oxygen atoms in total. The average molecular weight is 490 g/mol. The van der Waals surface area contributed by atoms with E-state index in [0.717, 1.165) is 25.9 Å². The van der Waals surface area contributed by atoms with E-state index in [0.29, 0.717) is 11.3 Å². The summed E-state index contributed by atoms with van der Waals surface area (Å²) >= 11 is 3.97.